The molecule has 0 aromatic heterocycles. The Morgan fingerprint density at radius 1 is 1.28 bits per heavy atom. The molecular formula is C21H22Cl2FN3O2. The Kier molecular flexibility index (Phi) is 6.98. The highest BCUT2D eigenvalue weighted by Gasteiger charge is 2.27. The average molecular weight is 438 g/mol. The first-order chi connectivity index (χ1) is 13.8. The number of amides is 2. The molecular weight excluding hydrogens is 416 g/mol. The van der Waals surface area contributed by atoms with E-state index >= 15 is 0 Å². The summed E-state index contributed by atoms with van der Waals surface area (Å²) in [5.41, 5.74) is 1.98. The quantitative estimate of drug-likeness (QED) is 0.670. The van der Waals surface area contributed by atoms with Gasteiger partial charge in [-0.1, -0.05) is 52.6 Å². The van der Waals surface area contributed by atoms with Gasteiger partial charge in [0.05, 0.1) is 28.8 Å². The van der Waals surface area contributed by atoms with Gasteiger partial charge in [0.25, 0.3) is 0 Å². The third-order valence-corrected chi connectivity index (χ3v) is 5.17. The van der Waals surface area contributed by atoms with E-state index in [0.717, 1.165) is 11.3 Å². The van der Waals surface area contributed by atoms with E-state index in [-0.39, 0.29) is 37.1 Å². The van der Waals surface area contributed by atoms with Crippen LogP contribution in [0, 0.1) is 5.82 Å². The minimum absolute atomic E-state index is 0.0434. The lowest BCUT2D eigenvalue weighted by Gasteiger charge is -2.26. The summed E-state index contributed by atoms with van der Waals surface area (Å²) in [5, 5.41) is 7.89. The molecule has 0 unspecified atom stereocenters. The van der Waals surface area contributed by atoms with Crippen molar-refractivity contribution in [1.29, 1.82) is 0 Å². The summed E-state index contributed by atoms with van der Waals surface area (Å²) in [6.45, 7) is 4.14. The molecule has 0 spiro atoms. The lowest BCUT2D eigenvalue weighted by molar-refractivity contribution is 0.0584. The molecule has 8 heteroatoms. The topological polar surface area (TPSA) is 53.9 Å². The maximum Gasteiger partial charge on any atom is 0.318 e. The third kappa shape index (κ3) is 5.61. The van der Waals surface area contributed by atoms with Crippen LogP contribution in [0.4, 0.5) is 9.18 Å². The fraction of sp³-hybridized carbons (Fsp3) is 0.333. The van der Waals surface area contributed by atoms with Crippen molar-refractivity contribution in [3.05, 3.63) is 69.5 Å². The van der Waals surface area contributed by atoms with Crippen molar-refractivity contribution < 1.29 is 14.0 Å². The smallest absolute Gasteiger partial charge is 0.318 e. The summed E-state index contributed by atoms with van der Waals surface area (Å²) in [5.74, 6) is -0.352. The summed E-state index contributed by atoms with van der Waals surface area (Å²) >= 11 is 12.0. The zero-order valence-electron chi connectivity index (χ0n) is 16.2. The second kappa shape index (κ2) is 9.46. The zero-order chi connectivity index (χ0) is 21.0. The standard InChI is InChI=1S/C21H22Cl2FN3O2/c1-13(2)25-21(28)27(11-15-5-3-4-6-19(15)24)12-16-10-20(26-29-16)14-7-8-17(22)18(23)9-14/h3-9,13,16H,10-12H2,1-2H3,(H,25,28)/t16-/m0/s1. The van der Waals surface area contributed by atoms with E-state index in [1.54, 1.807) is 30.3 Å². The number of carbonyl (C=O) groups excluding carboxylic acids is 1. The van der Waals surface area contributed by atoms with Gasteiger partial charge in [-0.05, 0) is 32.0 Å². The van der Waals surface area contributed by atoms with Gasteiger partial charge in [-0.25, -0.2) is 9.18 Å². The highest BCUT2D eigenvalue weighted by atomic mass is 35.5. The Balaban J connectivity index is 1.70. The van der Waals surface area contributed by atoms with Crippen molar-refractivity contribution in [2.75, 3.05) is 6.54 Å². The van der Waals surface area contributed by atoms with Gasteiger partial charge in [-0.3, -0.25) is 0 Å². The summed E-state index contributed by atoms with van der Waals surface area (Å²) in [6.07, 6.45) is 0.157. The molecule has 1 aliphatic rings. The molecule has 1 heterocycles. The van der Waals surface area contributed by atoms with Crippen LogP contribution in [0.5, 0.6) is 0 Å². The number of hydrogen-bond acceptors (Lipinski definition) is 3. The zero-order valence-corrected chi connectivity index (χ0v) is 17.7. The third-order valence-electron chi connectivity index (χ3n) is 4.43. The number of hydrogen-bond donors (Lipinski definition) is 1. The second-order valence-corrected chi connectivity index (χ2v) is 7.99. The van der Waals surface area contributed by atoms with Gasteiger partial charge in [0.15, 0.2) is 6.10 Å². The molecule has 1 atom stereocenters. The first-order valence-electron chi connectivity index (χ1n) is 9.30. The van der Waals surface area contributed by atoms with E-state index in [9.17, 15) is 9.18 Å². The Hall–Kier alpha value is -2.31. The molecule has 5 nitrogen and oxygen atoms in total. The van der Waals surface area contributed by atoms with Crippen molar-refractivity contribution in [3.63, 3.8) is 0 Å². The lowest BCUT2D eigenvalue weighted by atomic mass is 10.0. The van der Waals surface area contributed by atoms with Crippen molar-refractivity contribution in [2.24, 2.45) is 5.16 Å². The van der Waals surface area contributed by atoms with Crippen LogP contribution in [0.25, 0.3) is 0 Å². The minimum Gasteiger partial charge on any atom is -0.390 e. The Labute approximate surface area is 179 Å². The molecule has 0 saturated carbocycles. The largest absolute Gasteiger partial charge is 0.390 e. The van der Waals surface area contributed by atoms with E-state index in [0.29, 0.717) is 22.0 Å². The van der Waals surface area contributed by atoms with Crippen LogP contribution in [0.1, 0.15) is 31.4 Å². The second-order valence-electron chi connectivity index (χ2n) is 7.17. The van der Waals surface area contributed by atoms with Crippen LogP contribution in [-0.2, 0) is 11.4 Å². The van der Waals surface area contributed by atoms with Crippen LogP contribution in [0.15, 0.2) is 47.6 Å². The molecule has 29 heavy (non-hydrogen) atoms. The number of carbonyl (C=O) groups is 1. The Morgan fingerprint density at radius 2 is 2.03 bits per heavy atom. The van der Waals surface area contributed by atoms with Crippen LogP contribution >= 0.6 is 23.2 Å². The molecule has 0 radical (unpaired) electrons. The summed E-state index contributed by atoms with van der Waals surface area (Å²) < 4.78 is 14.1. The Morgan fingerprint density at radius 3 is 2.72 bits per heavy atom. The molecule has 2 aromatic rings. The van der Waals surface area contributed by atoms with Gasteiger partial charge in [-0.2, -0.15) is 0 Å². The summed E-state index contributed by atoms with van der Waals surface area (Å²) in [4.78, 5) is 19.7. The molecule has 2 aromatic carbocycles. The van der Waals surface area contributed by atoms with Crippen molar-refractivity contribution in [2.45, 2.75) is 39.0 Å². The van der Waals surface area contributed by atoms with Crippen molar-refractivity contribution in [3.8, 4) is 0 Å². The predicted octanol–water partition coefficient (Wildman–Crippen LogP) is 5.25. The fourth-order valence-electron chi connectivity index (χ4n) is 3.01. The fourth-order valence-corrected chi connectivity index (χ4v) is 3.31. The van der Waals surface area contributed by atoms with Gasteiger partial charge in [0.2, 0.25) is 0 Å². The monoisotopic (exact) mass is 437 g/mol. The molecule has 154 valence electrons. The summed E-state index contributed by atoms with van der Waals surface area (Å²) in [7, 11) is 0. The molecule has 3 rings (SSSR count). The van der Waals surface area contributed by atoms with Gasteiger partial charge in [0, 0.05) is 23.6 Å². The molecule has 0 aliphatic carbocycles. The number of urea groups is 1. The maximum atomic E-state index is 14.1. The summed E-state index contributed by atoms with van der Waals surface area (Å²) in [6, 6.07) is 11.3. The molecule has 1 aliphatic heterocycles. The predicted molar refractivity (Wildman–Crippen MR) is 113 cm³/mol. The van der Waals surface area contributed by atoms with Crippen LogP contribution in [-0.4, -0.2) is 35.3 Å². The highest BCUT2D eigenvalue weighted by molar-refractivity contribution is 6.42. The number of oxime groups is 1. The van der Waals surface area contributed by atoms with Crippen LogP contribution < -0.4 is 5.32 Å². The van der Waals surface area contributed by atoms with E-state index in [2.05, 4.69) is 10.5 Å². The van der Waals surface area contributed by atoms with E-state index < -0.39 is 0 Å². The number of benzene rings is 2. The molecule has 0 bridgehead atoms. The lowest BCUT2D eigenvalue weighted by Crippen LogP contribution is -2.45. The average Bonchev–Trinajstić information content (AvgIpc) is 3.13. The molecule has 1 N–H and O–H groups in total. The van der Waals surface area contributed by atoms with Gasteiger partial charge >= 0.3 is 6.03 Å². The normalized spacial score (nSPS) is 15.8. The minimum atomic E-state index is -0.352. The van der Waals surface area contributed by atoms with Crippen molar-refractivity contribution in [1.82, 2.24) is 10.2 Å². The van der Waals surface area contributed by atoms with Gasteiger partial charge in [0.1, 0.15) is 5.82 Å². The van der Waals surface area contributed by atoms with Gasteiger partial charge in [-0.15, -0.1) is 0 Å². The van der Waals surface area contributed by atoms with Crippen molar-refractivity contribution >= 4 is 34.9 Å². The molecule has 0 fully saturated rings. The Bertz CT molecular complexity index is 921. The molecule has 0 saturated heterocycles. The first kappa shape index (κ1) is 21.4. The highest BCUT2D eigenvalue weighted by Crippen LogP contribution is 2.26. The maximum absolute atomic E-state index is 14.1. The molecule has 2 amide bonds. The van der Waals surface area contributed by atoms with Crippen LogP contribution in [0.3, 0.4) is 0 Å². The number of nitrogens with zero attached hydrogens (tertiary/aromatic N) is 2. The van der Waals surface area contributed by atoms with E-state index in [1.807, 2.05) is 19.9 Å². The SMILES string of the molecule is CC(C)NC(=O)N(Cc1ccccc1F)C[C@@H]1CC(c2ccc(Cl)c(Cl)c2)=NO1. The van der Waals surface area contributed by atoms with Crippen LogP contribution in [0.2, 0.25) is 10.0 Å². The van der Waals surface area contributed by atoms with E-state index in [1.165, 1.54) is 11.0 Å². The number of rotatable bonds is 6. The number of nitrogens with one attached hydrogen (secondary N) is 1. The number of halogens is 3. The first-order valence-corrected chi connectivity index (χ1v) is 10.1. The van der Waals surface area contributed by atoms with E-state index in [4.69, 9.17) is 28.0 Å². The van der Waals surface area contributed by atoms with Gasteiger partial charge < -0.3 is 15.1 Å².